The molecule has 0 aliphatic carbocycles. The fraction of sp³-hybridized carbons (Fsp3) is 0.667. The Hall–Kier alpha value is -2.77. The number of nitrogens with one attached hydrogen (secondary N) is 2. The number of hydrogen-bond acceptors (Lipinski definition) is 4. The molecule has 0 unspecified atom stereocenters. The van der Waals surface area contributed by atoms with Crippen molar-refractivity contribution in [2.75, 3.05) is 49.5 Å². The summed E-state index contributed by atoms with van der Waals surface area (Å²) in [6.45, 7) is 6.93. The molecule has 3 fully saturated rings. The van der Waals surface area contributed by atoms with Gasteiger partial charge in [0.2, 0.25) is 11.8 Å². The summed E-state index contributed by atoms with van der Waals surface area (Å²) in [5.74, 6) is -0.567. The molecular formula is C27H41N5O3. The summed E-state index contributed by atoms with van der Waals surface area (Å²) in [5, 5.41) is 6.06. The first-order valence-electron chi connectivity index (χ1n) is 13.5. The molecular weight excluding hydrogens is 442 g/mol. The normalized spacial score (nSPS) is 21.2. The monoisotopic (exact) mass is 483 g/mol. The molecule has 2 atom stereocenters. The molecule has 3 heterocycles. The van der Waals surface area contributed by atoms with Crippen molar-refractivity contribution in [3.63, 3.8) is 0 Å². The molecule has 0 radical (unpaired) electrons. The second kappa shape index (κ2) is 12.3. The van der Waals surface area contributed by atoms with Crippen molar-refractivity contribution in [1.29, 1.82) is 0 Å². The Labute approximate surface area is 209 Å². The van der Waals surface area contributed by atoms with Crippen molar-refractivity contribution in [2.24, 2.45) is 5.92 Å². The minimum atomic E-state index is -0.581. The van der Waals surface area contributed by atoms with Gasteiger partial charge in [0.05, 0.1) is 5.92 Å². The smallest absolute Gasteiger partial charge is 0.320 e. The number of piperidine rings is 1. The van der Waals surface area contributed by atoms with Gasteiger partial charge in [-0.2, -0.15) is 0 Å². The fourth-order valence-electron chi connectivity index (χ4n) is 5.43. The number of urea groups is 1. The highest BCUT2D eigenvalue weighted by molar-refractivity contribution is 5.97. The third-order valence-corrected chi connectivity index (χ3v) is 7.50. The van der Waals surface area contributed by atoms with Gasteiger partial charge < -0.3 is 25.3 Å². The zero-order valence-corrected chi connectivity index (χ0v) is 21.1. The molecule has 35 heavy (non-hydrogen) atoms. The average molecular weight is 484 g/mol. The van der Waals surface area contributed by atoms with Crippen molar-refractivity contribution in [2.45, 2.75) is 70.8 Å². The number of likely N-dealkylation sites (tertiary alicyclic amines) is 2. The molecule has 192 valence electrons. The minimum absolute atomic E-state index is 0.0539. The van der Waals surface area contributed by atoms with Crippen LogP contribution >= 0.6 is 0 Å². The van der Waals surface area contributed by atoms with Gasteiger partial charge in [-0.3, -0.25) is 9.59 Å². The molecule has 8 nitrogen and oxygen atoms in total. The molecule has 0 bridgehead atoms. The van der Waals surface area contributed by atoms with Gasteiger partial charge in [0.15, 0.2) is 0 Å². The highest BCUT2D eigenvalue weighted by Crippen LogP contribution is 2.24. The highest BCUT2D eigenvalue weighted by Gasteiger charge is 2.33. The van der Waals surface area contributed by atoms with E-state index in [0.717, 1.165) is 76.1 Å². The van der Waals surface area contributed by atoms with Gasteiger partial charge in [-0.1, -0.05) is 25.8 Å². The van der Waals surface area contributed by atoms with Crippen LogP contribution in [-0.4, -0.2) is 73.0 Å². The summed E-state index contributed by atoms with van der Waals surface area (Å²) in [7, 11) is 0. The van der Waals surface area contributed by atoms with Crippen LogP contribution < -0.4 is 15.5 Å². The number of hydrogen-bond donors (Lipinski definition) is 2. The van der Waals surface area contributed by atoms with Crippen LogP contribution in [0.3, 0.4) is 0 Å². The van der Waals surface area contributed by atoms with Crippen LogP contribution in [0.4, 0.5) is 16.2 Å². The van der Waals surface area contributed by atoms with Gasteiger partial charge in [-0.15, -0.1) is 0 Å². The first-order chi connectivity index (χ1) is 17.0. The van der Waals surface area contributed by atoms with Gasteiger partial charge in [0, 0.05) is 50.6 Å². The molecule has 2 N–H and O–H groups in total. The molecule has 4 rings (SSSR count). The number of nitrogens with zero attached hydrogens (tertiary/aromatic N) is 3. The summed E-state index contributed by atoms with van der Waals surface area (Å²) >= 11 is 0. The van der Waals surface area contributed by atoms with Crippen molar-refractivity contribution >= 4 is 29.2 Å². The maximum absolute atomic E-state index is 13.2. The van der Waals surface area contributed by atoms with Gasteiger partial charge in [0.1, 0.15) is 6.04 Å². The number of rotatable bonds is 8. The average Bonchev–Trinajstić information content (AvgIpc) is 3.61. The summed E-state index contributed by atoms with van der Waals surface area (Å²) in [5.41, 5.74) is 1.88. The van der Waals surface area contributed by atoms with Gasteiger partial charge in [0.25, 0.3) is 0 Å². The molecule has 3 aliphatic rings. The van der Waals surface area contributed by atoms with E-state index in [4.69, 9.17) is 0 Å². The Kier molecular flexibility index (Phi) is 8.88. The fourth-order valence-corrected chi connectivity index (χ4v) is 5.43. The van der Waals surface area contributed by atoms with Gasteiger partial charge in [-0.05, 0) is 63.1 Å². The van der Waals surface area contributed by atoms with E-state index in [1.165, 1.54) is 12.8 Å². The largest absolute Gasteiger partial charge is 0.371 e. The molecule has 3 saturated heterocycles. The quantitative estimate of drug-likeness (QED) is 0.589. The highest BCUT2D eigenvalue weighted by atomic mass is 16.2. The Morgan fingerprint density at radius 3 is 2.43 bits per heavy atom. The lowest BCUT2D eigenvalue weighted by Gasteiger charge is -2.35. The maximum atomic E-state index is 13.2. The minimum Gasteiger partial charge on any atom is -0.371 e. The lowest BCUT2D eigenvalue weighted by atomic mass is 9.96. The van der Waals surface area contributed by atoms with Crippen molar-refractivity contribution in [1.82, 2.24) is 15.1 Å². The maximum Gasteiger partial charge on any atom is 0.320 e. The number of unbranched alkanes of at least 4 members (excludes halogenated alkanes) is 1. The number of amides is 4. The third kappa shape index (κ3) is 6.67. The predicted molar refractivity (Wildman–Crippen MR) is 138 cm³/mol. The van der Waals surface area contributed by atoms with Crippen LogP contribution in [0, 0.1) is 5.92 Å². The lowest BCUT2D eigenvalue weighted by Crippen LogP contribution is -2.52. The van der Waals surface area contributed by atoms with Crippen LogP contribution in [0.2, 0.25) is 0 Å². The molecule has 8 heteroatoms. The number of carbonyl (C=O) groups excluding carboxylic acids is 3. The summed E-state index contributed by atoms with van der Waals surface area (Å²) < 4.78 is 0. The van der Waals surface area contributed by atoms with Crippen molar-refractivity contribution in [3.8, 4) is 0 Å². The molecule has 0 saturated carbocycles. The van der Waals surface area contributed by atoms with Gasteiger partial charge >= 0.3 is 6.03 Å². The Morgan fingerprint density at radius 2 is 1.69 bits per heavy atom. The summed E-state index contributed by atoms with van der Waals surface area (Å²) in [4.78, 5) is 45.3. The first kappa shape index (κ1) is 25.3. The number of anilines is 2. The Balaban J connectivity index is 1.36. The molecule has 0 spiro atoms. The molecule has 1 aromatic carbocycles. The standard InChI is InChI=1S/C27H41N5O3/c1-2-3-13-24(26(34)28-22-11-8-12-23(19-22)30-14-4-5-15-30)29-25(33)21-10-9-18-32(20-21)27(35)31-16-6-7-17-31/h8,11-12,19,21,24H,2-7,9-10,13-18,20H2,1H3,(H,28,34)(H,29,33)/t21-,24+/m0/s1. The summed E-state index contributed by atoms with van der Waals surface area (Å²) in [6.07, 6.45) is 8.47. The van der Waals surface area contributed by atoms with Crippen LogP contribution in [-0.2, 0) is 9.59 Å². The van der Waals surface area contributed by atoms with E-state index in [2.05, 4.69) is 28.5 Å². The lowest BCUT2D eigenvalue weighted by molar-refractivity contribution is -0.130. The Morgan fingerprint density at radius 1 is 0.971 bits per heavy atom. The SMILES string of the molecule is CCCC[C@@H](NC(=O)[C@H]1CCCN(C(=O)N2CCCC2)C1)C(=O)Nc1cccc(N2CCCC2)c1. The number of benzene rings is 1. The van der Waals surface area contributed by atoms with E-state index < -0.39 is 6.04 Å². The predicted octanol–water partition coefficient (Wildman–Crippen LogP) is 3.83. The molecule has 4 amide bonds. The van der Waals surface area contributed by atoms with Gasteiger partial charge in [-0.25, -0.2) is 4.79 Å². The van der Waals surface area contributed by atoms with E-state index in [1.807, 2.05) is 28.0 Å². The van der Waals surface area contributed by atoms with E-state index >= 15 is 0 Å². The van der Waals surface area contributed by atoms with Crippen LogP contribution in [0.15, 0.2) is 24.3 Å². The van der Waals surface area contributed by atoms with Crippen LogP contribution in [0.1, 0.15) is 64.7 Å². The van der Waals surface area contributed by atoms with Crippen molar-refractivity contribution in [3.05, 3.63) is 24.3 Å². The Bertz CT molecular complexity index is 879. The van der Waals surface area contributed by atoms with E-state index in [0.29, 0.717) is 19.5 Å². The van der Waals surface area contributed by atoms with Crippen LogP contribution in [0.25, 0.3) is 0 Å². The molecule has 0 aromatic heterocycles. The second-order valence-electron chi connectivity index (χ2n) is 10.2. The first-order valence-corrected chi connectivity index (χ1v) is 13.5. The zero-order chi connectivity index (χ0) is 24.6. The zero-order valence-electron chi connectivity index (χ0n) is 21.1. The molecule has 1 aromatic rings. The van der Waals surface area contributed by atoms with E-state index in [1.54, 1.807) is 0 Å². The summed E-state index contributed by atoms with van der Waals surface area (Å²) in [6, 6.07) is 7.44. The third-order valence-electron chi connectivity index (χ3n) is 7.50. The topological polar surface area (TPSA) is 85.0 Å². The van der Waals surface area contributed by atoms with Crippen LogP contribution in [0.5, 0.6) is 0 Å². The molecule has 3 aliphatic heterocycles. The van der Waals surface area contributed by atoms with E-state index in [-0.39, 0.29) is 23.8 Å². The second-order valence-corrected chi connectivity index (χ2v) is 10.2. The van der Waals surface area contributed by atoms with E-state index in [9.17, 15) is 14.4 Å². The number of carbonyl (C=O) groups is 3. The van der Waals surface area contributed by atoms with Crippen molar-refractivity contribution < 1.29 is 14.4 Å².